The molecule has 0 aromatic heterocycles. The predicted octanol–water partition coefficient (Wildman–Crippen LogP) is 2.39. The highest BCUT2D eigenvalue weighted by atomic mass is 19.1. The van der Waals surface area contributed by atoms with Crippen molar-refractivity contribution in [3.05, 3.63) is 35.6 Å². The number of hydrogen-bond donors (Lipinski definition) is 2. The Balaban J connectivity index is 1.79. The van der Waals surface area contributed by atoms with Crippen LogP contribution in [0.1, 0.15) is 44.1 Å². The first-order valence-electron chi connectivity index (χ1n) is 8.60. The molecule has 122 valence electrons. The molecule has 4 fully saturated rings. The summed E-state index contributed by atoms with van der Waals surface area (Å²) in [5.74, 6) is 3.24. The Hall–Kier alpha value is -1.78. The molecule has 4 bridgehead atoms. The van der Waals surface area contributed by atoms with Crippen LogP contribution in [0.4, 0.5) is 4.39 Å². The lowest BCUT2D eigenvalue weighted by atomic mass is 9.43. The third kappa shape index (κ3) is 2.28. The minimum atomic E-state index is -0.189. The van der Waals surface area contributed by atoms with E-state index in [0.29, 0.717) is 24.1 Å². The molecule has 0 amide bonds. The minimum Gasteiger partial charge on any atom is -0.364 e. The highest BCUT2D eigenvalue weighted by Gasteiger charge is 2.58. The maximum absolute atomic E-state index is 13.4. The molecule has 1 aromatic rings. The average Bonchev–Trinajstić information content (AvgIpc) is 2.51. The van der Waals surface area contributed by atoms with Gasteiger partial charge in [0.1, 0.15) is 11.0 Å². The first-order chi connectivity index (χ1) is 11.1. The molecule has 0 spiro atoms. The highest BCUT2D eigenvalue weighted by Crippen LogP contribution is 2.64. The van der Waals surface area contributed by atoms with Crippen molar-refractivity contribution in [1.29, 1.82) is 0 Å². The summed E-state index contributed by atoms with van der Waals surface area (Å²) in [6.07, 6.45) is 7.12. The van der Waals surface area contributed by atoms with E-state index < -0.39 is 0 Å². The maximum atomic E-state index is 13.4. The normalized spacial score (nSPS) is 38.7. The van der Waals surface area contributed by atoms with Crippen molar-refractivity contribution in [2.24, 2.45) is 39.7 Å². The molecule has 23 heavy (non-hydrogen) atoms. The fourth-order valence-corrected chi connectivity index (χ4v) is 6.06. The Morgan fingerprint density at radius 1 is 1.09 bits per heavy atom. The van der Waals surface area contributed by atoms with E-state index in [1.165, 1.54) is 37.7 Å². The first-order valence-corrected chi connectivity index (χ1v) is 8.60. The molecule has 0 aliphatic heterocycles. The third-order valence-electron chi connectivity index (χ3n) is 6.64. The zero-order valence-electron chi connectivity index (χ0n) is 13.3. The molecule has 1 aromatic carbocycles. The van der Waals surface area contributed by atoms with Gasteiger partial charge in [0.15, 0.2) is 0 Å². The Labute approximate surface area is 135 Å². The van der Waals surface area contributed by atoms with Gasteiger partial charge in [0, 0.05) is 11.8 Å². The standard InChI is InChI=1S/C18H23FN4/c19-16-3-1-13(2-4-16)18(10-17(20)22-23-21)14-6-11-5-12(8-14)9-15(18)7-11/h1-4,11-12,14-15H,5-10H2,(H3,20,21,22)/p+1. The van der Waals surface area contributed by atoms with Gasteiger partial charge in [0.2, 0.25) is 5.84 Å². The summed E-state index contributed by atoms with van der Waals surface area (Å²) in [6.45, 7) is 0. The fraction of sp³-hybridized carbons (Fsp3) is 0.611. The van der Waals surface area contributed by atoms with Gasteiger partial charge < -0.3 is 5.73 Å². The van der Waals surface area contributed by atoms with Crippen molar-refractivity contribution in [3.63, 3.8) is 0 Å². The second-order valence-electron chi connectivity index (χ2n) is 7.74. The molecule has 0 saturated heterocycles. The van der Waals surface area contributed by atoms with Gasteiger partial charge in [-0.15, -0.1) is 0 Å². The molecule has 0 heterocycles. The van der Waals surface area contributed by atoms with E-state index in [9.17, 15) is 4.39 Å². The Bertz CT molecular complexity index is 609. The summed E-state index contributed by atoms with van der Waals surface area (Å²) >= 11 is 0. The fourth-order valence-electron chi connectivity index (χ4n) is 6.06. The van der Waals surface area contributed by atoms with E-state index in [1.807, 2.05) is 12.1 Å². The summed E-state index contributed by atoms with van der Waals surface area (Å²) in [5.41, 5.74) is 12.5. The van der Waals surface area contributed by atoms with Gasteiger partial charge in [-0.25, -0.2) is 4.39 Å². The summed E-state index contributed by atoms with van der Waals surface area (Å²) < 4.78 is 13.4. The molecule has 4 saturated carbocycles. The van der Waals surface area contributed by atoms with Crippen molar-refractivity contribution >= 4 is 5.84 Å². The minimum absolute atomic E-state index is 0.0284. The van der Waals surface area contributed by atoms with E-state index in [1.54, 1.807) is 12.1 Å². The zero-order valence-corrected chi connectivity index (χ0v) is 13.3. The quantitative estimate of drug-likeness (QED) is 0.380. The SMILES string of the molecule is N/C(CC1(c2ccc(F)cc2)C2CC3CC(C2)CC1C3)=N\N=[NH2+]. The zero-order chi connectivity index (χ0) is 16.0. The summed E-state index contributed by atoms with van der Waals surface area (Å²) in [7, 11) is 0. The number of benzene rings is 1. The summed E-state index contributed by atoms with van der Waals surface area (Å²) in [6, 6.07) is 7.04. The van der Waals surface area contributed by atoms with Gasteiger partial charge >= 0.3 is 0 Å². The summed E-state index contributed by atoms with van der Waals surface area (Å²) in [5, 5.41) is 7.25. The molecule has 4 nitrogen and oxygen atoms in total. The van der Waals surface area contributed by atoms with E-state index in [2.05, 4.69) is 10.3 Å². The number of nitrogens with two attached hydrogens (primary N) is 2. The number of halogens is 1. The van der Waals surface area contributed by atoms with Crippen LogP contribution in [0.15, 0.2) is 34.6 Å². The lowest BCUT2D eigenvalue weighted by molar-refractivity contribution is -0.222. The second kappa shape index (κ2) is 5.39. The largest absolute Gasteiger partial charge is 0.364 e. The van der Waals surface area contributed by atoms with Gasteiger partial charge in [0.05, 0.1) is 5.10 Å². The van der Waals surface area contributed by atoms with Crippen LogP contribution in [0.3, 0.4) is 0 Å². The van der Waals surface area contributed by atoms with Gasteiger partial charge in [-0.05, 0) is 73.5 Å². The van der Waals surface area contributed by atoms with Crippen molar-refractivity contribution < 1.29 is 9.92 Å². The molecule has 4 aliphatic carbocycles. The Kier molecular flexibility index (Phi) is 3.47. The van der Waals surface area contributed by atoms with Crippen LogP contribution < -0.4 is 11.3 Å². The molecular formula is C18H24FN4+. The van der Waals surface area contributed by atoms with Crippen LogP contribution >= 0.6 is 0 Å². The van der Waals surface area contributed by atoms with Crippen molar-refractivity contribution in [3.8, 4) is 0 Å². The molecule has 0 unspecified atom stereocenters. The van der Waals surface area contributed by atoms with Crippen LogP contribution in [-0.2, 0) is 5.41 Å². The van der Waals surface area contributed by atoms with E-state index in [-0.39, 0.29) is 11.2 Å². The van der Waals surface area contributed by atoms with Gasteiger partial charge in [-0.1, -0.05) is 12.1 Å². The maximum Gasteiger partial charge on any atom is 0.243 e. The third-order valence-corrected chi connectivity index (χ3v) is 6.64. The molecule has 5 heteroatoms. The molecular weight excluding hydrogens is 291 g/mol. The molecule has 4 aliphatic rings. The first kappa shape index (κ1) is 14.8. The lowest BCUT2D eigenvalue weighted by Crippen LogP contribution is -2.56. The van der Waals surface area contributed by atoms with Crippen LogP contribution in [-0.4, -0.2) is 5.84 Å². The summed E-state index contributed by atoms with van der Waals surface area (Å²) in [4.78, 5) is 0. The topological polar surface area (TPSA) is 76.3 Å². The van der Waals surface area contributed by atoms with Gasteiger partial charge in [-0.2, -0.15) is 5.53 Å². The van der Waals surface area contributed by atoms with Crippen molar-refractivity contribution in [2.45, 2.75) is 43.9 Å². The monoisotopic (exact) mass is 315 g/mol. The number of amidine groups is 1. The molecule has 0 atom stereocenters. The highest BCUT2D eigenvalue weighted by molar-refractivity contribution is 5.81. The second-order valence-corrected chi connectivity index (χ2v) is 7.74. The van der Waals surface area contributed by atoms with Crippen LogP contribution in [0.5, 0.6) is 0 Å². The van der Waals surface area contributed by atoms with E-state index in [4.69, 9.17) is 11.3 Å². The van der Waals surface area contributed by atoms with Crippen LogP contribution in [0.25, 0.3) is 0 Å². The Morgan fingerprint density at radius 2 is 1.65 bits per heavy atom. The predicted molar refractivity (Wildman–Crippen MR) is 85.7 cm³/mol. The average molecular weight is 315 g/mol. The number of rotatable bonds is 4. The van der Waals surface area contributed by atoms with Gasteiger partial charge in [0.25, 0.3) is 0 Å². The Morgan fingerprint density at radius 3 is 2.17 bits per heavy atom. The van der Waals surface area contributed by atoms with Gasteiger partial charge in [-0.3, -0.25) is 0 Å². The number of nitrogens with zero attached hydrogens (tertiary/aromatic N) is 2. The smallest absolute Gasteiger partial charge is 0.243 e. The lowest BCUT2D eigenvalue weighted by Gasteiger charge is -2.61. The molecule has 0 radical (unpaired) electrons. The van der Waals surface area contributed by atoms with Crippen molar-refractivity contribution in [2.75, 3.05) is 0 Å². The van der Waals surface area contributed by atoms with Crippen LogP contribution in [0, 0.1) is 29.5 Å². The molecule has 4 N–H and O–H groups in total. The van der Waals surface area contributed by atoms with Crippen LogP contribution in [0.2, 0.25) is 0 Å². The van der Waals surface area contributed by atoms with Crippen molar-refractivity contribution in [1.82, 2.24) is 0 Å². The van der Waals surface area contributed by atoms with E-state index in [0.717, 1.165) is 11.8 Å². The van der Waals surface area contributed by atoms with E-state index >= 15 is 0 Å². The number of hydrogen-bond acceptors (Lipinski definition) is 1. The molecule has 5 rings (SSSR count).